The molecule has 2 aromatic carbocycles. The molecule has 5 rings (SSSR count). The Kier molecular flexibility index (Phi) is 6.45. The van der Waals surface area contributed by atoms with Crippen LogP contribution in [0.1, 0.15) is 12.8 Å². The molecule has 0 unspecified atom stereocenters. The predicted molar refractivity (Wildman–Crippen MR) is 129 cm³/mol. The molecule has 3 heterocycles. The van der Waals surface area contributed by atoms with E-state index in [1.165, 1.54) is 23.9 Å². The molecule has 2 saturated heterocycles. The summed E-state index contributed by atoms with van der Waals surface area (Å²) < 4.78 is 13.2. The molecule has 178 valence electrons. The van der Waals surface area contributed by atoms with Gasteiger partial charge in [0.05, 0.1) is 5.69 Å². The van der Waals surface area contributed by atoms with E-state index in [9.17, 15) is 18.8 Å². The zero-order valence-electron chi connectivity index (χ0n) is 18.8. The summed E-state index contributed by atoms with van der Waals surface area (Å²) in [4.78, 5) is 45.3. The van der Waals surface area contributed by atoms with Gasteiger partial charge < -0.3 is 20.0 Å². The average Bonchev–Trinajstić information content (AvgIpc) is 2.88. The van der Waals surface area contributed by atoms with Crippen LogP contribution in [0.15, 0.2) is 53.4 Å². The van der Waals surface area contributed by atoms with Gasteiger partial charge in [0, 0.05) is 55.8 Å². The first-order valence-corrected chi connectivity index (χ1v) is 12.5. The lowest BCUT2D eigenvalue weighted by Crippen LogP contribution is -2.53. The highest BCUT2D eigenvalue weighted by Gasteiger charge is 2.38. The molecule has 0 aliphatic carbocycles. The van der Waals surface area contributed by atoms with E-state index in [2.05, 4.69) is 10.2 Å². The number of fused-ring (bicyclic) bond motifs is 1. The Morgan fingerprint density at radius 3 is 2.21 bits per heavy atom. The number of piperidine rings is 1. The minimum absolute atomic E-state index is 0.102. The Morgan fingerprint density at radius 1 is 0.853 bits per heavy atom. The monoisotopic (exact) mass is 482 g/mol. The second-order valence-electron chi connectivity index (χ2n) is 8.87. The number of thioether (sulfide) groups is 1. The lowest BCUT2D eigenvalue weighted by molar-refractivity contribution is -0.141. The number of likely N-dealkylation sites (tertiary alicyclic amines) is 1. The maximum Gasteiger partial charge on any atom is 0.247 e. The summed E-state index contributed by atoms with van der Waals surface area (Å²) in [7, 11) is 0. The second kappa shape index (κ2) is 9.66. The summed E-state index contributed by atoms with van der Waals surface area (Å²) in [5, 5.41) is 2.04. The third kappa shape index (κ3) is 4.61. The molecule has 3 amide bonds. The van der Waals surface area contributed by atoms with Crippen molar-refractivity contribution < 1.29 is 18.8 Å². The number of halogens is 1. The van der Waals surface area contributed by atoms with E-state index < -0.39 is 5.25 Å². The highest BCUT2D eigenvalue weighted by atomic mass is 32.2. The molecule has 0 radical (unpaired) electrons. The Hall–Kier alpha value is -3.07. The van der Waals surface area contributed by atoms with Gasteiger partial charge in [-0.05, 0) is 49.2 Å². The average molecular weight is 483 g/mol. The topological polar surface area (TPSA) is 73.0 Å². The number of anilines is 2. The van der Waals surface area contributed by atoms with Crippen molar-refractivity contribution in [3.63, 3.8) is 0 Å². The number of para-hydroxylation sites is 1. The zero-order chi connectivity index (χ0) is 23.7. The van der Waals surface area contributed by atoms with Crippen LogP contribution in [-0.2, 0) is 14.4 Å². The third-order valence-corrected chi connectivity index (χ3v) is 8.05. The molecule has 1 atom stereocenters. The highest BCUT2D eigenvalue weighted by Crippen LogP contribution is 2.36. The van der Waals surface area contributed by atoms with Gasteiger partial charge in [-0.15, -0.1) is 11.8 Å². The molecule has 0 aromatic heterocycles. The number of rotatable bonds is 3. The van der Waals surface area contributed by atoms with Gasteiger partial charge in [-0.3, -0.25) is 14.4 Å². The fourth-order valence-electron chi connectivity index (χ4n) is 4.82. The van der Waals surface area contributed by atoms with Crippen LogP contribution in [-0.4, -0.2) is 72.0 Å². The Labute approximate surface area is 202 Å². The molecule has 0 bridgehead atoms. The first kappa shape index (κ1) is 22.7. The standard InChI is InChI=1S/C25H27FN4O3S/c26-18-5-7-19(8-6-18)28-13-15-30(16-14-28)24(32)17-9-11-29(12-10-17)25(33)22-23(31)27-20-3-1-2-4-21(20)34-22/h1-8,17,22H,9-16H2,(H,27,31)/t22-/m0/s1. The van der Waals surface area contributed by atoms with E-state index in [0.29, 0.717) is 52.1 Å². The van der Waals surface area contributed by atoms with E-state index in [0.717, 1.165) is 16.3 Å². The predicted octanol–water partition coefficient (Wildman–Crippen LogP) is 2.83. The van der Waals surface area contributed by atoms with Gasteiger partial charge in [0.15, 0.2) is 5.25 Å². The molecule has 3 aliphatic heterocycles. The van der Waals surface area contributed by atoms with E-state index in [4.69, 9.17) is 0 Å². The van der Waals surface area contributed by atoms with Crippen LogP contribution in [0.3, 0.4) is 0 Å². The van der Waals surface area contributed by atoms with Gasteiger partial charge in [-0.25, -0.2) is 4.39 Å². The second-order valence-corrected chi connectivity index (χ2v) is 10.0. The maximum absolute atomic E-state index is 13.2. The molecule has 7 nitrogen and oxygen atoms in total. The first-order chi connectivity index (χ1) is 16.5. The van der Waals surface area contributed by atoms with Gasteiger partial charge in [0.25, 0.3) is 0 Å². The summed E-state index contributed by atoms with van der Waals surface area (Å²) in [6.07, 6.45) is 1.22. The summed E-state index contributed by atoms with van der Waals surface area (Å²) >= 11 is 1.29. The van der Waals surface area contributed by atoms with Crippen molar-refractivity contribution in [3.05, 3.63) is 54.3 Å². The van der Waals surface area contributed by atoms with Crippen LogP contribution in [0.2, 0.25) is 0 Å². The molecule has 0 saturated carbocycles. The van der Waals surface area contributed by atoms with Gasteiger partial charge in [-0.1, -0.05) is 12.1 Å². The molecule has 3 aliphatic rings. The molecular weight excluding hydrogens is 455 g/mol. The van der Waals surface area contributed by atoms with Gasteiger partial charge in [-0.2, -0.15) is 0 Å². The summed E-state index contributed by atoms with van der Waals surface area (Å²) in [5.41, 5.74) is 1.71. The van der Waals surface area contributed by atoms with Crippen LogP contribution in [0.25, 0.3) is 0 Å². The lowest BCUT2D eigenvalue weighted by Gasteiger charge is -2.39. The Morgan fingerprint density at radius 2 is 1.50 bits per heavy atom. The molecule has 1 N–H and O–H groups in total. The SMILES string of the molecule is O=C1Nc2ccccc2S[C@@H]1C(=O)N1CCC(C(=O)N2CCN(c3ccc(F)cc3)CC2)CC1. The Bertz CT molecular complexity index is 1080. The van der Waals surface area contributed by atoms with Crippen LogP contribution in [0.5, 0.6) is 0 Å². The fourth-order valence-corrected chi connectivity index (χ4v) is 5.89. The lowest BCUT2D eigenvalue weighted by atomic mass is 9.94. The highest BCUT2D eigenvalue weighted by molar-refractivity contribution is 8.01. The van der Waals surface area contributed by atoms with Crippen molar-refractivity contribution in [2.24, 2.45) is 5.92 Å². The van der Waals surface area contributed by atoms with Gasteiger partial charge >= 0.3 is 0 Å². The van der Waals surface area contributed by atoms with E-state index >= 15 is 0 Å². The number of benzene rings is 2. The zero-order valence-corrected chi connectivity index (χ0v) is 19.6. The molecule has 9 heteroatoms. The van der Waals surface area contributed by atoms with Gasteiger partial charge in [0.1, 0.15) is 5.82 Å². The van der Waals surface area contributed by atoms with Crippen LogP contribution >= 0.6 is 11.8 Å². The summed E-state index contributed by atoms with van der Waals surface area (Å²) in [6.45, 7) is 3.66. The third-order valence-electron chi connectivity index (χ3n) is 6.79. The minimum atomic E-state index is -0.790. The number of carbonyl (C=O) groups excluding carboxylic acids is 3. The quantitative estimate of drug-likeness (QED) is 0.682. The number of nitrogens with zero attached hydrogens (tertiary/aromatic N) is 3. The summed E-state index contributed by atoms with van der Waals surface area (Å²) in [6, 6.07) is 13.9. The molecule has 2 fully saturated rings. The summed E-state index contributed by atoms with van der Waals surface area (Å²) in [5.74, 6) is -0.684. The molecule has 2 aromatic rings. The minimum Gasteiger partial charge on any atom is -0.368 e. The van der Waals surface area contributed by atoms with Crippen molar-refractivity contribution in [1.29, 1.82) is 0 Å². The van der Waals surface area contributed by atoms with E-state index in [-0.39, 0.29) is 29.5 Å². The van der Waals surface area contributed by atoms with Crippen LogP contribution in [0.4, 0.5) is 15.8 Å². The van der Waals surface area contributed by atoms with E-state index in [1.54, 1.807) is 17.0 Å². The number of hydrogen-bond donors (Lipinski definition) is 1. The van der Waals surface area contributed by atoms with Crippen molar-refractivity contribution in [2.45, 2.75) is 23.0 Å². The van der Waals surface area contributed by atoms with E-state index in [1.807, 2.05) is 29.2 Å². The molecule has 34 heavy (non-hydrogen) atoms. The van der Waals surface area contributed by atoms with Crippen molar-refractivity contribution in [2.75, 3.05) is 49.5 Å². The maximum atomic E-state index is 13.2. The molecular formula is C25H27FN4O3S. The molecule has 0 spiro atoms. The van der Waals surface area contributed by atoms with Crippen molar-refractivity contribution >= 4 is 40.9 Å². The number of carbonyl (C=O) groups is 3. The van der Waals surface area contributed by atoms with Crippen LogP contribution < -0.4 is 10.2 Å². The Balaban J connectivity index is 1.12. The fraction of sp³-hybridized carbons (Fsp3) is 0.400. The van der Waals surface area contributed by atoms with Crippen molar-refractivity contribution in [3.8, 4) is 0 Å². The van der Waals surface area contributed by atoms with Crippen molar-refractivity contribution in [1.82, 2.24) is 9.80 Å². The number of amides is 3. The number of piperazine rings is 1. The van der Waals surface area contributed by atoms with Crippen LogP contribution in [0, 0.1) is 11.7 Å². The number of hydrogen-bond acceptors (Lipinski definition) is 5. The first-order valence-electron chi connectivity index (χ1n) is 11.6. The number of nitrogens with one attached hydrogen (secondary N) is 1. The largest absolute Gasteiger partial charge is 0.368 e. The van der Waals surface area contributed by atoms with Gasteiger partial charge in [0.2, 0.25) is 17.7 Å². The normalized spacial score (nSPS) is 21.1. The smallest absolute Gasteiger partial charge is 0.247 e.